The minimum atomic E-state index is -0.225. The van der Waals surface area contributed by atoms with Gasteiger partial charge in [-0.05, 0) is 6.07 Å². The largest absolute Gasteiger partial charge is 0.270 e. The van der Waals surface area contributed by atoms with Crippen LogP contribution in [-0.2, 0) is 4.79 Å². The highest BCUT2D eigenvalue weighted by molar-refractivity contribution is 5.88. The molecule has 2 rings (SSSR count). The van der Waals surface area contributed by atoms with E-state index in [0.29, 0.717) is 5.36 Å². The molecule has 2 nitrogen and oxygen atoms in total. The van der Waals surface area contributed by atoms with Gasteiger partial charge >= 0.3 is 0 Å². The first-order valence-corrected chi connectivity index (χ1v) is 4.39. The SMILES string of the molecule is O=C1\C=C/C=C/C=c2/ccccc2=N1. The number of rotatable bonds is 0. The fraction of sp³-hybridized carbons (Fsp3) is 0. The van der Waals surface area contributed by atoms with E-state index >= 15 is 0 Å². The van der Waals surface area contributed by atoms with Gasteiger partial charge in [0.15, 0.2) is 0 Å². The molecule has 14 heavy (non-hydrogen) atoms. The zero-order valence-electron chi connectivity index (χ0n) is 7.55. The summed E-state index contributed by atoms with van der Waals surface area (Å²) in [6.45, 7) is 0. The van der Waals surface area contributed by atoms with Crippen LogP contribution in [0.3, 0.4) is 0 Å². The topological polar surface area (TPSA) is 29.4 Å². The Kier molecular flexibility index (Phi) is 2.36. The van der Waals surface area contributed by atoms with Crippen molar-refractivity contribution >= 4 is 12.0 Å². The quantitative estimate of drug-likeness (QED) is 0.583. The predicted octanol–water partition coefficient (Wildman–Crippen LogP) is 0.739. The molecule has 1 aromatic rings. The number of hydrogen-bond donors (Lipinski definition) is 0. The van der Waals surface area contributed by atoms with Gasteiger partial charge < -0.3 is 0 Å². The molecular formula is C12H9NO. The van der Waals surface area contributed by atoms with Crippen LogP contribution in [-0.4, -0.2) is 5.91 Å². The van der Waals surface area contributed by atoms with Crippen LogP contribution in [0.5, 0.6) is 0 Å². The van der Waals surface area contributed by atoms with Crippen LogP contribution in [0.4, 0.5) is 0 Å². The molecule has 0 radical (unpaired) electrons. The molecule has 0 N–H and O–H groups in total. The van der Waals surface area contributed by atoms with E-state index in [1.165, 1.54) is 6.08 Å². The molecule has 0 unspecified atom stereocenters. The van der Waals surface area contributed by atoms with Gasteiger partial charge in [-0.3, -0.25) is 4.79 Å². The van der Waals surface area contributed by atoms with Gasteiger partial charge in [-0.2, -0.15) is 0 Å². The van der Waals surface area contributed by atoms with Crippen LogP contribution in [0.15, 0.2) is 53.6 Å². The second kappa shape index (κ2) is 3.83. The number of allylic oxidation sites excluding steroid dienone is 3. The number of fused-ring (bicyclic) bond motifs is 1. The van der Waals surface area contributed by atoms with Gasteiger partial charge in [0.25, 0.3) is 5.91 Å². The molecule has 2 heteroatoms. The van der Waals surface area contributed by atoms with Crippen LogP contribution in [0.1, 0.15) is 0 Å². The van der Waals surface area contributed by atoms with Crippen molar-refractivity contribution in [3.8, 4) is 0 Å². The zero-order valence-corrected chi connectivity index (χ0v) is 7.55. The summed E-state index contributed by atoms with van der Waals surface area (Å²) in [5.74, 6) is -0.225. The van der Waals surface area contributed by atoms with Crippen molar-refractivity contribution in [3.05, 3.63) is 59.1 Å². The Labute approximate surface area is 81.6 Å². The van der Waals surface area contributed by atoms with Crippen molar-refractivity contribution in [1.29, 1.82) is 0 Å². The third kappa shape index (κ3) is 1.85. The van der Waals surface area contributed by atoms with E-state index in [4.69, 9.17) is 0 Å². The highest BCUT2D eigenvalue weighted by atomic mass is 16.1. The molecule has 0 fully saturated rings. The van der Waals surface area contributed by atoms with Gasteiger partial charge in [-0.15, -0.1) is 0 Å². The summed E-state index contributed by atoms with van der Waals surface area (Å²) in [5, 5.41) is 1.68. The van der Waals surface area contributed by atoms with Crippen molar-refractivity contribution in [1.82, 2.24) is 0 Å². The van der Waals surface area contributed by atoms with Crippen molar-refractivity contribution in [2.75, 3.05) is 0 Å². The summed E-state index contributed by atoms with van der Waals surface area (Å²) in [6.07, 6.45) is 8.78. The maximum Gasteiger partial charge on any atom is 0.270 e. The van der Waals surface area contributed by atoms with Gasteiger partial charge in [0, 0.05) is 11.3 Å². The van der Waals surface area contributed by atoms with Crippen LogP contribution in [0.2, 0.25) is 0 Å². The van der Waals surface area contributed by atoms with E-state index in [9.17, 15) is 4.79 Å². The summed E-state index contributed by atoms with van der Waals surface area (Å²) in [4.78, 5) is 15.2. The lowest BCUT2D eigenvalue weighted by atomic mass is 10.2. The van der Waals surface area contributed by atoms with Crippen molar-refractivity contribution in [3.63, 3.8) is 0 Å². The number of amides is 1. The fourth-order valence-corrected chi connectivity index (χ4v) is 1.25. The highest BCUT2D eigenvalue weighted by Crippen LogP contribution is 1.84. The van der Waals surface area contributed by atoms with Gasteiger partial charge in [-0.25, -0.2) is 4.99 Å². The average molecular weight is 183 g/mol. The molecule has 1 heterocycles. The molecular weight excluding hydrogens is 174 g/mol. The normalized spacial score (nSPS) is 21.4. The molecule has 0 saturated carbocycles. The second-order valence-electron chi connectivity index (χ2n) is 2.92. The third-order valence-corrected chi connectivity index (χ3v) is 1.90. The summed E-state index contributed by atoms with van der Waals surface area (Å²) in [7, 11) is 0. The van der Waals surface area contributed by atoms with E-state index in [2.05, 4.69) is 4.99 Å². The van der Waals surface area contributed by atoms with Gasteiger partial charge in [0.2, 0.25) is 0 Å². The van der Waals surface area contributed by atoms with Crippen LogP contribution in [0.25, 0.3) is 6.08 Å². The maximum absolute atomic E-state index is 11.3. The molecule has 0 saturated heterocycles. The molecule has 0 bridgehead atoms. The van der Waals surface area contributed by atoms with E-state index in [0.717, 1.165) is 5.22 Å². The fourth-order valence-electron chi connectivity index (χ4n) is 1.25. The lowest BCUT2D eigenvalue weighted by Crippen LogP contribution is -2.24. The van der Waals surface area contributed by atoms with Crippen LogP contribution in [0, 0.1) is 0 Å². The number of para-hydroxylation sites is 1. The molecule has 0 spiro atoms. The first-order valence-electron chi connectivity index (χ1n) is 4.39. The highest BCUT2D eigenvalue weighted by Gasteiger charge is 1.91. The first-order chi connectivity index (χ1) is 6.86. The maximum atomic E-state index is 11.3. The standard InChI is InChI=1S/C12H9NO/c14-12-9-3-1-2-6-10-7-4-5-8-11(10)13-12/h1-9H/b2-1+,9-3-,10-6-,13-11?. The minimum absolute atomic E-state index is 0.225. The predicted molar refractivity (Wildman–Crippen MR) is 55.0 cm³/mol. The van der Waals surface area contributed by atoms with Gasteiger partial charge in [0.05, 0.1) is 5.36 Å². The number of nitrogens with zero attached hydrogens (tertiary/aromatic N) is 1. The molecule has 0 aliphatic carbocycles. The summed E-state index contributed by atoms with van der Waals surface area (Å²) < 4.78 is 0. The Morgan fingerprint density at radius 2 is 1.86 bits per heavy atom. The third-order valence-electron chi connectivity index (χ3n) is 1.90. The first kappa shape index (κ1) is 8.63. The Morgan fingerprint density at radius 3 is 2.79 bits per heavy atom. The lowest BCUT2D eigenvalue weighted by molar-refractivity contribution is -0.113. The molecule has 68 valence electrons. The van der Waals surface area contributed by atoms with E-state index in [-0.39, 0.29) is 5.91 Å². The smallest absolute Gasteiger partial charge is 0.267 e. The Bertz CT molecular complexity index is 523. The summed E-state index contributed by atoms with van der Waals surface area (Å²) in [6, 6.07) is 7.56. The molecule has 1 aliphatic heterocycles. The molecule has 1 amide bonds. The molecule has 1 aliphatic rings. The molecule has 0 aromatic heterocycles. The van der Waals surface area contributed by atoms with Gasteiger partial charge in [0.1, 0.15) is 0 Å². The van der Waals surface area contributed by atoms with Crippen molar-refractivity contribution in [2.24, 2.45) is 4.99 Å². The Hall–Kier alpha value is -1.96. The van der Waals surface area contributed by atoms with Crippen LogP contribution >= 0.6 is 0 Å². The van der Waals surface area contributed by atoms with E-state index in [1.807, 2.05) is 42.5 Å². The zero-order chi connectivity index (χ0) is 9.80. The number of carbonyl (C=O) groups is 1. The van der Waals surface area contributed by atoms with E-state index < -0.39 is 0 Å². The van der Waals surface area contributed by atoms with Gasteiger partial charge in [-0.1, -0.05) is 42.5 Å². The summed E-state index contributed by atoms with van der Waals surface area (Å²) >= 11 is 0. The Balaban J connectivity index is 2.76. The molecule has 0 atom stereocenters. The minimum Gasteiger partial charge on any atom is -0.267 e. The Morgan fingerprint density at radius 1 is 1.00 bits per heavy atom. The van der Waals surface area contributed by atoms with Crippen molar-refractivity contribution in [2.45, 2.75) is 0 Å². The second-order valence-corrected chi connectivity index (χ2v) is 2.92. The van der Waals surface area contributed by atoms with E-state index in [1.54, 1.807) is 6.08 Å². The molecule has 1 aromatic carbocycles. The number of hydrogen-bond acceptors (Lipinski definition) is 1. The van der Waals surface area contributed by atoms with Crippen molar-refractivity contribution < 1.29 is 4.79 Å². The lowest BCUT2D eigenvalue weighted by Gasteiger charge is -1.86. The number of benzene rings is 1. The monoisotopic (exact) mass is 183 g/mol. The summed E-state index contributed by atoms with van der Waals surface area (Å²) in [5.41, 5.74) is 0. The number of carbonyl (C=O) groups excluding carboxylic acids is 1. The average Bonchev–Trinajstić information content (AvgIpc) is 2.27. The van der Waals surface area contributed by atoms with Crippen LogP contribution < -0.4 is 10.6 Å².